The summed E-state index contributed by atoms with van der Waals surface area (Å²) in [4.78, 5) is 7.18. The molecule has 0 unspecified atom stereocenters. The molecular weight excluding hydrogens is 174 g/mol. The van der Waals surface area contributed by atoms with Gasteiger partial charge in [-0.1, -0.05) is 0 Å². The first-order chi connectivity index (χ1) is 5.59. The van der Waals surface area contributed by atoms with Gasteiger partial charge in [-0.05, 0) is 0 Å². The summed E-state index contributed by atoms with van der Waals surface area (Å²) in [5, 5.41) is 11.1. The molecule has 1 aromatic rings. The third kappa shape index (κ3) is 2.44. The lowest BCUT2D eigenvalue weighted by Crippen LogP contribution is -2.10. The molecule has 0 aliphatic rings. The average molecular weight is 187 g/mol. The number of thiazole rings is 1. The number of anilines is 1. The number of rotatable bonds is 3. The van der Waals surface area contributed by atoms with Crippen molar-refractivity contribution in [2.24, 2.45) is 0 Å². The van der Waals surface area contributed by atoms with Crippen LogP contribution in [0, 0.1) is 0 Å². The van der Waals surface area contributed by atoms with Gasteiger partial charge < -0.3 is 10.1 Å². The molecule has 0 aliphatic carbocycles. The second kappa shape index (κ2) is 3.84. The van der Waals surface area contributed by atoms with Crippen molar-refractivity contribution < 1.29 is 5.21 Å². The van der Waals surface area contributed by atoms with Crippen LogP contribution >= 0.6 is 11.3 Å². The molecule has 12 heavy (non-hydrogen) atoms. The first kappa shape index (κ1) is 9.44. The molecule has 1 aromatic heterocycles. The van der Waals surface area contributed by atoms with Gasteiger partial charge in [-0.15, -0.1) is 11.3 Å². The van der Waals surface area contributed by atoms with E-state index in [-0.39, 0.29) is 0 Å². The molecule has 0 saturated carbocycles. The third-order valence-electron chi connectivity index (χ3n) is 1.31. The number of nitrogens with zero attached hydrogens (tertiary/aromatic N) is 3. The molecule has 0 aliphatic heterocycles. The Morgan fingerprint density at radius 3 is 2.58 bits per heavy atom. The van der Waals surface area contributed by atoms with E-state index < -0.39 is 0 Å². The van der Waals surface area contributed by atoms with Gasteiger partial charge in [0.15, 0.2) is 5.13 Å². The lowest BCUT2D eigenvalue weighted by atomic mass is 10.5. The van der Waals surface area contributed by atoms with Crippen molar-refractivity contribution in [3.05, 3.63) is 11.1 Å². The summed E-state index contributed by atoms with van der Waals surface area (Å²) >= 11 is 1.58. The zero-order valence-electron chi connectivity index (χ0n) is 7.48. The third-order valence-corrected chi connectivity index (χ3v) is 2.46. The van der Waals surface area contributed by atoms with Gasteiger partial charge in [-0.2, -0.15) is 5.06 Å². The van der Waals surface area contributed by atoms with E-state index in [0.717, 1.165) is 15.1 Å². The highest BCUT2D eigenvalue weighted by atomic mass is 32.1. The number of hydrogen-bond acceptors (Lipinski definition) is 5. The van der Waals surface area contributed by atoms with Gasteiger partial charge in [-0.3, -0.25) is 0 Å². The van der Waals surface area contributed by atoms with Crippen molar-refractivity contribution in [2.45, 2.75) is 6.54 Å². The molecule has 0 radical (unpaired) electrons. The lowest BCUT2D eigenvalue weighted by molar-refractivity contribution is -0.0723. The molecule has 0 aromatic carbocycles. The van der Waals surface area contributed by atoms with Crippen molar-refractivity contribution in [3.8, 4) is 0 Å². The predicted molar refractivity (Wildman–Crippen MR) is 49.7 cm³/mol. The van der Waals surface area contributed by atoms with Crippen LogP contribution in [0.2, 0.25) is 0 Å². The van der Waals surface area contributed by atoms with Crippen molar-refractivity contribution >= 4 is 16.5 Å². The van der Waals surface area contributed by atoms with Crippen molar-refractivity contribution in [2.75, 3.05) is 26.0 Å². The number of hydroxylamine groups is 2. The van der Waals surface area contributed by atoms with Crippen molar-refractivity contribution in [1.29, 1.82) is 0 Å². The van der Waals surface area contributed by atoms with Crippen LogP contribution in [0.15, 0.2) is 6.20 Å². The zero-order chi connectivity index (χ0) is 9.14. The van der Waals surface area contributed by atoms with E-state index in [0.29, 0.717) is 6.54 Å². The second-order valence-electron chi connectivity index (χ2n) is 2.82. The Kier molecular flexibility index (Phi) is 3.02. The topological polar surface area (TPSA) is 39.6 Å². The van der Waals surface area contributed by atoms with Gasteiger partial charge in [0.2, 0.25) is 0 Å². The summed E-state index contributed by atoms with van der Waals surface area (Å²) in [6.07, 6.45) is 1.78. The first-order valence-electron chi connectivity index (χ1n) is 3.61. The minimum absolute atomic E-state index is 0.533. The highest BCUT2D eigenvalue weighted by Crippen LogP contribution is 2.20. The van der Waals surface area contributed by atoms with Gasteiger partial charge >= 0.3 is 0 Å². The summed E-state index contributed by atoms with van der Waals surface area (Å²) in [5.41, 5.74) is 0. The molecule has 1 heterocycles. The SMILES string of the molecule is CN(O)Cc1cnc(N(C)C)s1. The summed E-state index contributed by atoms with van der Waals surface area (Å²) in [6, 6.07) is 0. The maximum Gasteiger partial charge on any atom is 0.185 e. The van der Waals surface area contributed by atoms with Crippen LogP contribution in [0.5, 0.6) is 0 Å². The summed E-state index contributed by atoms with van der Waals surface area (Å²) in [6.45, 7) is 0.533. The van der Waals surface area contributed by atoms with Crippen molar-refractivity contribution in [3.63, 3.8) is 0 Å². The summed E-state index contributed by atoms with van der Waals surface area (Å²) in [5.74, 6) is 0. The van der Waals surface area contributed by atoms with Gasteiger partial charge in [0.25, 0.3) is 0 Å². The van der Waals surface area contributed by atoms with E-state index in [2.05, 4.69) is 4.98 Å². The molecule has 1 N–H and O–H groups in total. The van der Waals surface area contributed by atoms with E-state index in [1.54, 1.807) is 24.6 Å². The Labute approximate surface area is 76.0 Å². The molecule has 4 nitrogen and oxygen atoms in total. The zero-order valence-corrected chi connectivity index (χ0v) is 8.30. The molecular formula is C7H13N3OS. The molecule has 0 saturated heterocycles. The van der Waals surface area contributed by atoms with Gasteiger partial charge in [0, 0.05) is 32.2 Å². The van der Waals surface area contributed by atoms with Crippen LogP contribution in [0.4, 0.5) is 5.13 Å². The fourth-order valence-electron chi connectivity index (χ4n) is 0.803. The molecule has 0 atom stereocenters. The molecule has 68 valence electrons. The van der Waals surface area contributed by atoms with Crippen molar-refractivity contribution in [1.82, 2.24) is 10.0 Å². The lowest BCUT2D eigenvalue weighted by Gasteiger charge is -2.06. The maximum absolute atomic E-state index is 8.95. The van der Waals surface area contributed by atoms with E-state index >= 15 is 0 Å². The minimum Gasteiger partial charge on any atom is -0.354 e. The minimum atomic E-state index is 0.533. The molecule has 1 rings (SSSR count). The predicted octanol–water partition coefficient (Wildman–Crippen LogP) is 1.03. The summed E-state index contributed by atoms with van der Waals surface area (Å²) < 4.78 is 0. The average Bonchev–Trinajstić information content (AvgIpc) is 2.34. The Morgan fingerprint density at radius 2 is 2.17 bits per heavy atom. The fourth-order valence-corrected chi connectivity index (χ4v) is 1.68. The smallest absolute Gasteiger partial charge is 0.185 e. The van der Waals surface area contributed by atoms with Gasteiger partial charge in [0.1, 0.15) is 0 Å². The van der Waals surface area contributed by atoms with E-state index in [4.69, 9.17) is 5.21 Å². The highest BCUT2D eigenvalue weighted by Gasteiger charge is 2.04. The Morgan fingerprint density at radius 1 is 1.50 bits per heavy atom. The van der Waals surface area contributed by atoms with Gasteiger partial charge in [0.05, 0.1) is 6.54 Å². The largest absolute Gasteiger partial charge is 0.354 e. The van der Waals surface area contributed by atoms with E-state index in [9.17, 15) is 0 Å². The fraction of sp³-hybridized carbons (Fsp3) is 0.571. The molecule has 0 fully saturated rings. The Bertz CT molecular complexity index is 247. The second-order valence-corrected chi connectivity index (χ2v) is 3.91. The van der Waals surface area contributed by atoms with Crippen LogP contribution in [-0.2, 0) is 6.54 Å². The monoisotopic (exact) mass is 187 g/mol. The molecule has 5 heteroatoms. The van der Waals surface area contributed by atoms with Crippen LogP contribution in [0.25, 0.3) is 0 Å². The first-order valence-corrected chi connectivity index (χ1v) is 4.43. The molecule has 0 spiro atoms. The number of hydrogen-bond donors (Lipinski definition) is 1. The van der Waals surface area contributed by atoms with Crippen LogP contribution in [-0.4, -0.2) is 36.4 Å². The van der Waals surface area contributed by atoms with Gasteiger partial charge in [-0.25, -0.2) is 4.98 Å². The van der Waals surface area contributed by atoms with Crippen LogP contribution < -0.4 is 4.90 Å². The normalized spacial score (nSPS) is 10.8. The molecule has 0 bridgehead atoms. The van der Waals surface area contributed by atoms with Crippen LogP contribution in [0.1, 0.15) is 4.88 Å². The quantitative estimate of drug-likeness (QED) is 0.717. The Balaban J connectivity index is 2.64. The van der Waals surface area contributed by atoms with E-state index in [1.165, 1.54) is 0 Å². The highest BCUT2D eigenvalue weighted by molar-refractivity contribution is 7.15. The molecule has 0 amide bonds. The maximum atomic E-state index is 8.95. The van der Waals surface area contributed by atoms with Crippen LogP contribution in [0.3, 0.4) is 0 Å². The number of aromatic nitrogens is 1. The standard InChI is InChI=1S/C7H13N3OS/c1-9(2)7-8-4-6(12-7)5-10(3)11/h4,11H,5H2,1-3H3. The van der Waals surface area contributed by atoms with E-state index in [1.807, 2.05) is 19.0 Å². The summed E-state index contributed by atoms with van der Waals surface area (Å²) in [7, 11) is 5.52. The Hall–Kier alpha value is -0.650.